The highest BCUT2D eigenvalue weighted by Gasteiger charge is 2.53. The first-order chi connectivity index (χ1) is 13.7. The smallest absolute Gasteiger partial charge is 0.323 e. The molecule has 0 radical (unpaired) electrons. The molecule has 0 saturated carbocycles. The molecule has 1 amide bonds. The molecule has 2 fully saturated rings. The number of carbonyl (C=O) groups is 2. The van der Waals surface area contributed by atoms with E-state index in [1.54, 1.807) is 0 Å². The van der Waals surface area contributed by atoms with Crippen LogP contribution in [0.1, 0.15) is 24.5 Å². The zero-order valence-corrected chi connectivity index (χ0v) is 16.2. The summed E-state index contributed by atoms with van der Waals surface area (Å²) in [4.78, 5) is 29.8. The second kappa shape index (κ2) is 8.15. The van der Waals surface area contributed by atoms with E-state index < -0.39 is 0 Å². The summed E-state index contributed by atoms with van der Waals surface area (Å²) >= 11 is 0. The van der Waals surface area contributed by atoms with Crippen molar-refractivity contribution in [3.05, 3.63) is 71.8 Å². The molecule has 2 aromatic carbocycles. The van der Waals surface area contributed by atoms with E-state index in [1.165, 1.54) is 0 Å². The maximum Gasteiger partial charge on any atom is 0.323 e. The monoisotopic (exact) mass is 378 g/mol. The largest absolute Gasteiger partial charge is 0.465 e. The number of rotatable bonds is 6. The highest BCUT2D eigenvalue weighted by atomic mass is 16.5. The molecule has 28 heavy (non-hydrogen) atoms. The van der Waals surface area contributed by atoms with Gasteiger partial charge in [-0.2, -0.15) is 0 Å². The maximum absolute atomic E-state index is 13.3. The van der Waals surface area contributed by atoms with Crippen molar-refractivity contribution < 1.29 is 14.3 Å². The Kier molecular flexibility index (Phi) is 5.44. The molecule has 0 N–H and O–H groups in total. The minimum atomic E-state index is -0.349. The van der Waals surface area contributed by atoms with Crippen molar-refractivity contribution in [2.24, 2.45) is 5.92 Å². The van der Waals surface area contributed by atoms with Crippen LogP contribution in [0.15, 0.2) is 60.7 Å². The lowest BCUT2D eigenvalue weighted by Crippen LogP contribution is -2.46. The van der Waals surface area contributed by atoms with Crippen molar-refractivity contribution in [2.75, 3.05) is 13.2 Å². The number of benzene rings is 2. The van der Waals surface area contributed by atoms with Crippen LogP contribution in [0.4, 0.5) is 0 Å². The summed E-state index contributed by atoms with van der Waals surface area (Å²) in [6.07, 6.45) is 0.674. The normalized spacial score (nSPS) is 24.4. The molecule has 0 aromatic heterocycles. The van der Waals surface area contributed by atoms with Crippen LogP contribution in [0, 0.1) is 5.92 Å². The van der Waals surface area contributed by atoms with Crippen molar-refractivity contribution >= 4 is 11.9 Å². The molecule has 146 valence electrons. The van der Waals surface area contributed by atoms with E-state index in [2.05, 4.69) is 4.90 Å². The lowest BCUT2D eigenvalue weighted by Gasteiger charge is -2.28. The van der Waals surface area contributed by atoms with Gasteiger partial charge in [-0.25, -0.2) is 0 Å². The van der Waals surface area contributed by atoms with Crippen LogP contribution < -0.4 is 0 Å². The minimum absolute atomic E-state index is 0.122. The van der Waals surface area contributed by atoms with Crippen LogP contribution in [0.25, 0.3) is 0 Å². The number of fused-ring (bicyclic) bond motifs is 1. The zero-order chi connectivity index (χ0) is 19.5. The quantitative estimate of drug-likeness (QED) is 0.726. The summed E-state index contributed by atoms with van der Waals surface area (Å²) in [5.74, 6) is 0.0705. The topological polar surface area (TPSA) is 49.9 Å². The van der Waals surface area contributed by atoms with Gasteiger partial charge in [0.05, 0.1) is 12.6 Å². The summed E-state index contributed by atoms with van der Waals surface area (Å²) in [5.41, 5.74) is 2.24. The van der Waals surface area contributed by atoms with Crippen LogP contribution in [-0.2, 0) is 27.4 Å². The number of hydrogen-bond acceptors (Lipinski definition) is 4. The lowest BCUT2D eigenvalue weighted by atomic mass is 10.0. The standard InChI is InChI=1S/C23H26N2O3/c1-2-28-23(27)20-13-19-16-24(14-17-9-5-3-6-10-17)22(26)21(19)25(20)15-18-11-7-4-8-12-18/h3-12,19-21H,2,13-16H2,1H3/t19-,20?,21?/m0/s1. The molecule has 2 unspecified atom stereocenters. The highest BCUT2D eigenvalue weighted by molar-refractivity contribution is 5.87. The molecule has 0 spiro atoms. The predicted octanol–water partition coefficient (Wildman–Crippen LogP) is 2.85. The molecule has 5 heteroatoms. The molecule has 4 rings (SSSR count). The van der Waals surface area contributed by atoms with Crippen molar-refractivity contribution in [1.82, 2.24) is 9.80 Å². The van der Waals surface area contributed by atoms with E-state index in [1.807, 2.05) is 72.5 Å². The molecule has 2 aliphatic rings. The van der Waals surface area contributed by atoms with Crippen molar-refractivity contribution in [1.29, 1.82) is 0 Å². The highest BCUT2D eigenvalue weighted by Crippen LogP contribution is 2.38. The van der Waals surface area contributed by atoms with Crippen molar-refractivity contribution in [3.8, 4) is 0 Å². The molecule has 2 aromatic rings. The SMILES string of the molecule is CCOC(=O)C1C[C@H]2CN(Cc3ccccc3)C(=O)C2N1Cc1ccccc1. The first-order valence-corrected chi connectivity index (χ1v) is 9.96. The first-order valence-electron chi connectivity index (χ1n) is 9.96. The Morgan fingerprint density at radius 1 is 1.00 bits per heavy atom. The fraction of sp³-hybridized carbons (Fsp3) is 0.391. The number of hydrogen-bond donors (Lipinski definition) is 0. The molecular formula is C23H26N2O3. The van der Waals surface area contributed by atoms with Gasteiger partial charge in [-0.3, -0.25) is 14.5 Å². The summed E-state index contributed by atoms with van der Waals surface area (Å²) in [7, 11) is 0. The Bertz CT molecular complexity index is 824. The van der Waals surface area contributed by atoms with E-state index in [-0.39, 0.29) is 29.9 Å². The Labute approximate surface area is 165 Å². The Balaban J connectivity index is 1.55. The third-order valence-electron chi connectivity index (χ3n) is 5.73. The number of nitrogens with zero attached hydrogens (tertiary/aromatic N) is 2. The van der Waals surface area contributed by atoms with E-state index >= 15 is 0 Å². The third kappa shape index (κ3) is 3.67. The Morgan fingerprint density at radius 2 is 1.61 bits per heavy atom. The molecule has 0 aliphatic carbocycles. The number of likely N-dealkylation sites (tertiary alicyclic amines) is 2. The van der Waals surface area contributed by atoms with Crippen LogP contribution in [-0.4, -0.2) is 46.9 Å². The third-order valence-corrected chi connectivity index (χ3v) is 5.73. The molecular weight excluding hydrogens is 352 g/mol. The van der Waals surface area contributed by atoms with Crippen LogP contribution >= 0.6 is 0 Å². The van der Waals surface area contributed by atoms with E-state index in [4.69, 9.17) is 4.74 Å². The number of carbonyl (C=O) groups excluding carboxylic acids is 2. The Hall–Kier alpha value is -2.66. The van der Waals surface area contributed by atoms with Gasteiger partial charge in [0.15, 0.2) is 0 Å². The van der Waals surface area contributed by atoms with Crippen LogP contribution in [0.2, 0.25) is 0 Å². The number of esters is 1. The van der Waals surface area contributed by atoms with Gasteiger partial charge in [0, 0.05) is 25.6 Å². The zero-order valence-electron chi connectivity index (χ0n) is 16.2. The average molecular weight is 378 g/mol. The van der Waals surface area contributed by atoms with E-state index in [0.29, 0.717) is 32.7 Å². The van der Waals surface area contributed by atoms with Crippen LogP contribution in [0.3, 0.4) is 0 Å². The van der Waals surface area contributed by atoms with Crippen molar-refractivity contribution in [3.63, 3.8) is 0 Å². The second-order valence-electron chi connectivity index (χ2n) is 7.57. The minimum Gasteiger partial charge on any atom is -0.465 e. The predicted molar refractivity (Wildman–Crippen MR) is 106 cm³/mol. The van der Waals surface area contributed by atoms with Gasteiger partial charge >= 0.3 is 5.97 Å². The molecule has 2 heterocycles. The fourth-order valence-corrected chi connectivity index (χ4v) is 4.51. The number of amides is 1. The summed E-state index contributed by atoms with van der Waals surface area (Å²) in [6.45, 7) is 4.08. The van der Waals surface area contributed by atoms with Gasteiger partial charge in [-0.05, 0) is 24.5 Å². The molecule has 5 nitrogen and oxygen atoms in total. The second-order valence-corrected chi connectivity index (χ2v) is 7.57. The average Bonchev–Trinajstić information content (AvgIpc) is 3.21. The summed E-state index contributed by atoms with van der Waals surface area (Å²) < 4.78 is 5.31. The first kappa shape index (κ1) is 18.7. The fourth-order valence-electron chi connectivity index (χ4n) is 4.51. The molecule has 2 saturated heterocycles. The van der Waals surface area contributed by atoms with Crippen molar-refractivity contribution in [2.45, 2.75) is 38.5 Å². The van der Waals surface area contributed by atoms with Crippen LogP contribution in [0.5, 0.6) is 0 Å². The van der Waals surface area contributed by atoms with Gasteiger partial charge < -0.3 is 9.64 Å². The van der Waals surface area contributed by atoms with E-state index in [9.17, 15) is 9.59 Å². The molecule has 3 atom stereocenters. The lowest BCUT2D eigenvalue weighted by molar-refractivity contribution is -0.150. The van der Waals surface area contributed by atoms with Gasteiger partial charge in [0.2, 0.25) is 5.91 Å². The maximum atomic E-state index is 13.3. The molecule has 2 aliphatic heterocycles. The number of ether oxygens (including phenoxy) is 1. The van der Waals surface area contributed by atoms with Gasteiger partial charge in [-0.15, -0.1) is 0 Å². The summed E-state index contributed by atoms with van der Waals surface area (Å²) in [6, 6.07) is 19.5. The van der Waals surface area contributed by atoms with Gasteiger partial charge in [0.25, 0.3) is 0 Å². The van der Waals surface area contributed by atoms with E-state index in [0.717, 1.165) is 11.1 Å². The van der Waals surface area contributed by atoms with Gasteiger partial charge in [0.1, 0.15) is 6.04 Å². The Morgan fingerprint density at radius 3 is 2.21 bits per heavy atom. The summed E-state index contributed by atoms with van der Waals surface area (Å²) in [5, 5.41) is 0. The van der Waals surface area contributed by atoms with Gasteiger partial charge in [-0.1, -0.05) is 60.7 Å². The molecule has 0 bridgehead atoms.